The second-order valence-electron chi connectivity index (χ2n) is 11.0. The summed E-state index contributed by atoms with van der Waals surface area (Å²) in [6, 6.07) is 17.6. The summed E-state index contributed by atoms with van der Waals surface area (Å²) >= 11 is 0. The van der Waals surface area contributed by atoms with E-state index < -0.39 is 0 Å². The number of carbonyl (C=O) groups excluding carboxylic acids is 2. The molecule has 0 N–H and O–H groups in total. The molecule has 1 amide bonds. The summed E-state index contributed by atoms with van der Waals surface area (Å²) in [5.41, 5.74) is 1.21. The molecule has 5 rings (SSSR count). The molecule has 192 valence electrons. The largest absolute Gasteiger partial charge is 0.427 e. The summed E-state index contributed by atoms with van der Waals surface area (Å²) in [4.78, 5) is 29.6. The van der Waals surface area contributed by atoms with Crippen molar-refractivity contribution in [2.24, 2.45) is 5.92 Å². The lowest BCUT2D eigenvalue weighted by molar-refractivity contribution is -0.153. The molecule has 0 spiro atoms. The van der Waals surface area contributed by atoms with E-state index in [4.69, 9.17) is 9.47 Å². The van der Waals surface area contributed by atoms with E-state index >= 15 is 0 Å². The monoisotopic (exact) mass is 490 g/mol. The highest BCUT2D eigenvalue weighted by Crippen LogP contribution is 2.55. The van der Waals surface area contributed by atoms with Gasteiger partial charge in [0.2, 0.25) is 0 Å². The maximum atomic E-state index is 13.4. The van der Waals surface area contributed by atoms with Crippen molar-refractivity contribution in [2.45, 2.75) is 62.5 Å². The molecule has 6 nitrogen and oxygen atoms in total. The van der Waals surface area contributed by atoms with E-state index in [0.29, 0.717) is 11.3 Å². The minimum Gasteiger partial charge on any atom is -0.427 e. The van der Waals surface area contributed by atoms with Crippen LogP contribution in [0.1, 0.15) is 61.4 Å². The van der Waals surface area contributed by atoms with Crippen molar-refractivity contribution in [1.82, 2.24) is 9.80 Å². The van der Waals surface area contributed by atoms with Crippen molar-refractivity contribution < 1.29 is 19.1 Å². The molecule has 3 aliphatic rings. The van der Waals surface area contributed by atoms with E-state index in [1.807, 2.05) is 67.6 Å². The molecular weight excluding hydrogens is 452 g/mol. The molecule has 2 aromatic rings. The first-order valence-electron chi connectivity index (χ1n) is 13.2. The first-order chi connectivity index (χ1) is 17.4. The van der Waals surface area contributed by atoms with Crippen LogP contribution in [0.3, 0.4) is 0 Å². The summed E-state index contributed by atoms with van der Waals surface area (Å²) in [5, 5.41) is 0. The van der Waals surface area contributed by atoms with E-state index in [1.165, 1.54) is 19.8 Å². The highest BCUT2D eigenvalue weighted by atomic mass is 16.5. The third-order valence-corrected chi connectivity index (χ3v) is 8.81. The molecule has 2 unspecified atom stereocenters. The molecular formula is C30H38N2O4. The number of hydrogen-bond donors (Lipinski definition) is 0. The average Bonchev–Trinajstić information content (AvgIpc) is 3.71. The Morgan fingerprint density at radius 2 is 1.83 bits per heavy atom. The Morgan fingerprint density at radius 1 is 1.06 bits per heavy atom. The predicted molar refractivity (Wildman–Crippen MR) is 139 cm³/mol. The quantitative estimate of drug-likeness (QED) is 0.417. The van der Waals surface area contributed by atoms with Gasteiger partial charge in [-0.3, -0.25) is 9.59 Å². The van der Waals surface area contributed by atoms with Crippen LogP contribution in [0.4, 0.5) is 0 Å². The van der Waals surface area contributed by atoms with Gasteiger partial charge in [0.1, 0.15) is 5.75 Å². The van der Waals surface area contributed by atoms with Crippen LogP contribution in [0.2, 0.25) is 0 Å². The molecule has 0 radical (unpaired) electrons. The number of ether oxygens (including phenoxy) is 2. The fourth-order valence-electron chi connectivity index (χ4n) is 6.69. The van der Waals surface area contributed by atoms with Gasteiger partial charge in [0, 0.05) is 51.2 Å². The minimum absolute atomic E-state index is 0.0560. The van der Waals surface area contributed by atoms with Gasteiger partial charge >= 0.3 is 5.97 Å². The molecule has 3 fully saturated rings. The molecule has 3 atom stereocenters. The average molecular weight is 491 g/mol. The van der Waals surface area contributed by atoms with Crippen molar-refractivity contribution >= 4 is 11.9 Å². The molecule has 2 aliphatic carbocycles. The van der Waals surface area contributed by atoms with Crippen LogP contribution in [0.15, 0.2) is 54.6 Å². The first kappa shape index (κ1) is 25.0. The number of fused-ring (bicyclic) bond motifs is 1. The summed E-state index contributed by atoms with van der Waals surface area (Å²) in [6.45, 7) is 4.47. The SMILES string of the molecule is COC12CC[C@H](N(C)C(=O)c3ccccc3)CC1(c1cccc(OC(C)=O)c1)CCN(CC1CC1)C2. The Morgan fingerprint density at radius 3 is 2.53 bits per heavy atom. The van der Waals surface area contributed by atoms with Crippen molar-refractivity contribution in [3.63, 3.8) is 0 Å². The number of esters is 1. The lowest BCUT2D eigenvalue weighted by Crippen LogP contribution is -2.68. The Balaban J connectivity index is 1.50. The van der Waals surface area contributed by atoms with Gasteiger partial charge in [-0.1, -0.05) is 30.3 Å². The summed E-state index contributed by atoms with van der Waals surface area (Å²) in [6.07, 6.45) is 6.20. The molecule has 2 saturated carbocycles. The van der Waals surface area contributed by atoms with Gasteiger partial charge in [0.25, 0.3) is 5.91 Å². The van der Waals surface area contributed by atoms with Gasteiger partial charge in [0.05, 0.1) is 5.60 Å². The number of benzene rings is 2. The maximum Gasteiger partial charge on any atom is 0.308 e. The molecule has 1 heterocycles. The van der Waals surface area contributed by atoms with Crippen LogP contribution in [0.5, 0.6) is 5.75 Å². The van der Waals surface area contributed by atoms with E-state index in [1.54, 1.807) is 0 Å². The van der Waals surface area contributed by atoms with Crippen LogP contribution in [0, 0.1) is 5.92 Å². The van der Waals surface area contributed by atoms with E-state index in [2.05, 4.69) is 11.0 Å². The van der Waals surface area contributed by atoms with Crippen molar-refractivity contribution in [1.29, 1.82) is 0 Å². The van der Waals surface area contributed by atoms with Crippen molar-refractivity contribution in [3.05, 3.63) is 65.7 Å². The highest BCUT2D eigenvalue weighted by molar-refractivity contribution is 5.94. The lowest BCUT2D eigenvalue weighted by Gasteiger charge is -2.60. The third kappa shape index (κ3) is 4.69. The summed E-state index contributed by atoms with van der Waals surface area (Å²) < 4.78 is 12.0. The second-order valence-corrected chi connectivity index (χ2v) is 11.0. The number of hydrogen-bond acceptors (Lipinski definition) is 5. The number of piperidine rings is 1. The van der Waals surface area contributed by atoms with Gasteiger partial charge in [-0.05, 0) is 80.8 Å². The molecule has 1 saturated heterocycles. The third-order valence-electron chi connectivity index (χ3n) is 8.81. The van der Waals surface area contributed by atoms with Crippen LogP contribution in [-0.4, -0.2) is 67.1 Å². The Bertz CT molecular complexity index is 1100. The fourth-order valence-corrected chi connectivity index (χ4v) is 6.69. The predicted octanol–water partition coefficient (Wildman–Crippen LogP) is 4.68. The van der Waals surface area contributed by atoms with Gasteiger partial charge < -0.3 is 19.3 Å². The summed E-state index contributed by atoms with van der Waals surface area (Å²) in [7, 11) is 3.79. The molecule has 36 heavy (non-hydrogen) atoms. The number of nitrogens with zero attached hydrogens (tertiary/aromatic N) is 2. The van der Waals surface area contributed by atoms with Crippen LogP contribution in [-0.2, 0) is 14.9 Å². The second kappa shape index (κ2) is 9.98. The molecule has 6 heteroatoms. The van der Waals surface area contributed by atoms with Gasteiger partial charge in [0.15, 0.2) is 0 Å². The van der Waals surface area contributed by atoms with Gasteiger partial charge in [-0.2, -0.15) is 0 Å². The Hall–Kier alpha value is -2.70. The van der Waals surface area contributed by atoms with E-state index in [9.17, 15) is 9.59 Å². The zero-order valence-corrected chi connectivity index (χ0v) is 21.7. The smallest absolute Gasteiger partial charge is 0.308 e. The normalized spacial score (nSPS) is 28.2. The molecule has 2 aromatic carbocycles. The molecule has 0 aromatic heterocycles. The zero-order chi connectivity index (χ0) is 25.3. The van der Waals surface area contributed by atoms with E-state index in [-0.39, 0.29) is 28.9 Å². The standard InChI is InChI=1S/C30H38N2O4/c1-22(33)36-27-11-7-10-25(18-27)29-16-17-32(20-23-12-13-23)21-30(29,35-3)15-14-26(19-29)31(2)28(34)24-8-5-4-6-9-24/h4-11,18,23,26H,12-17,19-21H2,1-3H3/t26-,29?,30?/m0/s1. The number of amides is 1. The fraction of sp³-hybridized carbons (Fsp3) is 0.533. The number of likely N-dealkylation sites (tertiary alicyclic amines) is 1. The van der Waals surface area contributed by atoms with Crippen LogP contribution >= 0.6 is 0 Å². The van der Waals surface area contributed by atoms with E-state index in [0.717, 1.165) is 56.8 Å². The van der Waals surface area contributed by atoms with Crippen molar-refractivity contribution in [3.8, 4) is 5.75 Å². The van der Waals surface area contributed by atoms with Gasteiger partial charge in [-0.15, -0.1) is 0 Å². The Kier molecular flexibility index (Phi) is 6.92. The maximum absolute atomic E-state index is 13.4. The first-order valence-corrected chi connectivity index (χ1v) is 13.2. The van der Waals surface area contributed by atoms with Gasteiger partial charge in [-0.25, -0.2) is 0 Å². The van der Waals surface area contributed by atoms with Crippen LogP contribution < -0.4 is 4.74 Å². The zero-order valence-electron chi connectivity index (χ0n) is 21.7. The number of rotatable bonds is 7. The number of carbonyl (C=O) groups is 2. The highest BCUT2D eigenvalue weighted by Gasteiger charge is 2.59. The molecule has 0 bridgehead atoms. The van der Waals surface area contributed by atoms with Crippen LogP contribution in [0.25, 0.3) is 0 Å². The summed E-state index contributed by atoms with van der Waals surface area (Å²) in [5.74, 6) is 1.12. The van der Waals surface area contributed by atoms with Crippen molar-refractivity contribution in [2.75, 3.05) is 33.8 Å². The Labute approximate surface area is 214 Å². The molecule has 1 aliphatic heterocycles. The topological polar surface area (TPSA) is 59.1 Å². The minimum atomic E-state index is -0.359. The number of methoxy groups -OCH3 is 1. The lowest BCUT2D eigenvalue weighted by atomic mass is 9.55.